The van der Waals surface area contributed by atoms with Crippen LogP contribution in [0.5, 0.6) is 0 Å². The summed E-state index contributed by atoms with van der Waals surface area (Å²) in [5, 5.41) is 0. The molecule has 0 aromatic heterocycles. The molecule has 0 N–H and O–H groups in total. The first kappa shape index (κ1) is 15.0. The van der Waals surface area contributed by atoms with Crippen molar-refractivity contribution in [3.05, 3.63) is 0 Å². The van der Waals surface area contributed by atoms with E-state index in [1.807, 2.05) is 0 Å². The van der Waals surface area contributed by atoms with Crippen molar-refractivity contribution < 1.29 is 4.79 Å². The topological polar surface area (TPSA) is 17.1 Å². The normalized spacial score (nSPS) is 60.5. The summed E-state index contributed by atoms with van der Waals surface area (Å²) in [6, 6.07) is 0. The molecule has 0 aromatic carbocycles. The second-order valence-electron chi connectivity index (χ2n) is 10.4. The van der Waals surface area contributed by atoms with E-state index in [-0.39, 0.29) is 0 Å². The molecule has 0 heterocycles. The van der Waals surface area contributed by atoms with Crippen molar-refractivity contribution in [2.45, 2.75) is 85.0 Å². The number of hydrogen-bond acceptors (Lipinski definition) is 1. The van der Waals surface area contributed by atoms with Crippen LogP contribution in [0.4, 0.5) is 0 Å². The van der Waals surface area contributed by atoms with Crippen LogP contribution in [0.25, 0.3) is 0 Å². The molecule has 23 heavy (non-hydrogen) atoms. The number of hydrogen-bond donors (Lipinski definition) is 0. The minimum atomic E-state index is 0.494. The van der Waals surface area contributed by atoms with E-state index in [1.54, 1.807) is 0 Å². The highest BCUT2D eigenvalue weighted by molar-refractivity contribution is 5.79. The molecule has 5 aliphatic rings. The number of carbonyl (C=O) groups is 1. The highest BCUT2D eigenvalue weighted by Crippen LogP contribution is 2.85. The van der Waals surface area contributed by atoms with Crippen LogP contribution < -0.4 is 0 Å². The first-order chi connectivity index (χ1) is 11.0. The quantitative estimate of drug-likeness (QED) is 0.613. The van der Waals surface area contributed by atoms with Gasteiger partial charge in [0, 0.05) is 12.8 Å². The van der Waals surface area contributed by atoms with Gasteiger partial charge in [-0.15, -0.1) is 0 Å². The van der Waals surface area contributed by atoms with Crippen molar-refractivity contribution in [2.24, 2.45) is 45.8 Å². The molecule has 5 saturated carbocycles. The van der Waals surface area contributed by atoms with Crippen molar-refractivity contribution in [1.82, 2.24) is 0 Å². The lowest BCUT2D eigenvalue weighted by molar-refractivity contribution is -0.136. The molecule has 0 radical (unpaired) electrons. The van der Waals surface area contributed by atoms with E-state index in [1.165, 1.54) is 51.4 Å². The molecule has 0 aliphatic heterocycles. The van der Waals surface area contributed by atoms with Crippen LogP contribution in [-0.4, -0.2) is 5.78 Å². The lowest BCUT2D eigenvalue weighted by Crippen LogP contribution is -2.52. The fraction of sp³-hybridized carbons (Fsp3) is 0.955. The molecule has 0 saturated heterocycles. The zero-order chi connectivity index (χ0) is 16.0. The molecule has 0 amide bonds. The van der Waals surface area contributed by atoms with Crippen LogP contribution in [0.15, 0.2) is 0 Å². The number of ketones is 1. The van der Waals surface area contributed by atoms with Crippen LogP contribution in [0.2, 0.25) is 0 Å². The van der Waals surface area contributed by atoms with E-state index in [2.05, 4.69) is 20.8 Å². The Hall–Kier alpha value is -0.330. The Morgan fingerprint density at radius 2 is 1.83 bits per heavy atom. The predicted molar refractivity (Wildman–Crippen MR) is 92.9 cm³/mol. The lowest BCUT2D eigenvalue weighted by Gasteiger charge is -2.59. The third-order valence-corrected chi connectivity index (χ3v) is 10.5. The summed E-state index contributed by atoms with van der Waals surface area (Å²) >= 11 is 0. The molecular weight excluding hydrogens is 280 g/mol. The summed E-state index contributed by atoms with van der Waals surface area (Å²) < 4.78 is 0. The van der Waals surface area contributed by atoms with E-state index in [0.29, 0.717) is 22.5 Å². The summed E-state index contributed by atoms with van der Waals surface area (Å²) in [5.74, 6) is 5.30. The molecule has 8 atom stereocenters. The van der Waals surface area contributed by atoms with Crippen LogP contribution in [0.3, 0.4) is 0 Å². The van der Waals surface area contributed by atoms with Crippen molar-refractivity contribution in [3.63, 3.8) is 0 Å². The Morgan fingerprint density at radius 3 is 2.57 bits per heavy atom. The van der Waals surface area contributed by atoms with Crippen LogP contribution in [0, 0.1) is 45.8 Å². The molecule has 8 unspecified atom stereocenters. The first-order valence-corrected chi connectivity index (χ1v) is 10.5. The largest absolute Gasteiger partial charge is 0.300 e. The van der Waals surface area contributed by atoms with Gasteiger partial charge in [0.05, 0.1) is 0 Å². The maximum atomic E-state index is 12.0. The minimum Gasteiger partial charge on any atom is -0.300 e. The number of rotatable bonds is 1. The summed E-state index contributed by atoms with van der Waals surface area (Å²) in [7, 11) is 0. The molecule has 5 rings (SSSR count). The third-order valence-electron chi connectivity index (χ3n) is 10.5. The van der Waals surface area contributed by atoms with Gasteiger partial charge in [0.15, 0.2) is 0 Å². The first-order valence-electron chi connectivity index (χ1n) is 10.5. The van der Waals surface area contributed by atoms with Crippen LogP contribution in [0.1, 0.15) is 85.0 Å². The molecule has 1 heteroatoms. The highest BCUT2D eigenvalue weighted by atomic mass is 16.1. The van der Waals surface area contributed by atoms with Gasteiger partial charge in [0.1, 0.15) is 5.78 Å². The van der Waals surface area contributed by atoms with Crippen LogP contribution in [-0.2, 0) is 4.79 Å². The Morgan fingerprint density at radius 1 is 1.00 bits per heavy atom. The molecule has 1 nitrogen and oxygen atoms in total. The Balaban J connectivity index is 1.47. The minimum absolute atomic E-state index is 0.494. The Labute approximate surface area is 142 Å². The zero-order valence-corrected chi connectivity index (χ0v) is 15.4. The molecule has 0 bridgehead atoms. The van der Waals surface area contributed by atoms with Gasteiger partial charge in [-0.2, -0.15) is 0 Å². The molecule has 5 fully saturated rings. The second kappa shape index (κ2) is 4.44. The zero-order valence-electron chi connectivity index (χ0n) is 15.4. The van der Waals surface area contributed by atoms with Crippen molar-refractivity contribution in [1.29, 1.82) is 0 Å². The smallest absolute Gasteiger partial charge is 0.133 e. The van der Waals surface area contributed by atoms with Gasteiger partial charge in [-0.05, 0) is 97.2 Å². The van der Waals surface area contributed by atoms with Crippen molar-refractivity contribution >= 4 is 5.78 Å². The second-order valence-corrected chi connectivity index (χ2v) is 10.4. The lowest BCUT2D eigenvalue weighted by atomic mass is 9.46. The maximum absolute atomic E-state index is 12.0. The van der Waals surface area contributed by atoms with Gasteiger partial charge in [-0.3, -0.25) is 4.79 Å². The summed E-state index contributed by atoms with van der Waals surface area (Å²) in [5.41, 5.74) is 1.92. The summed E-state index contributed by atoms with van der Waals surface area (Å²) in [4.78, 5) is 12.0. The average Bonchev–Trinajstić information content (AvgIpc) is 2.87. The third kappa shape index (κ3) is 1.54. The summed E-state index contributed by atoms with van der Waals surface area (Å²) in [6.45, 7) is 7.65. The Kier molecular flexibility index (Phi) is 2.89. The van der Waals surface area contributed by atoms with Crippen molar-refractivity contribution in [3.8, 4) is 0 Å². The van der Waals surface area contributed by atoms with Gasteiger partial charge in [-0.1, -0.05) is 20.8 Å². The highest BCUT2D eigenvalue weighted by Gasteiger charge is 2.79. The molecular formula is C22H34O. The molecule has 128 valence electrons. The monoisotopic (exact) mass is 314 g/mol. The predicted octanol–water partition coefficient (Wildman–Crippen LogP) is 5.62. The van der Waals surface area contributed by atoms with Crippen molar-refractivity contribution in [2.75, 3.05) is 0 Å². The Bertz CT molecular complexity index is 552. The molecule has 1 spiro atoms. The molecule has 0 aromatic rings. The van der Waals surface area contributed by atoms with E-state index >= 15 is 0 Å². The van der Waals surface area contributed by atoms with E-state index in [9.17, 15) is 4.79 Å². The summed E-state index contributed by atoms with van der Waals surface area (Å²) in [6.07, 6.45) is 13.2. The number of carbonyl (C=O) groups excluding carboxylic acids is 1. The SMILES string of the molecule is CCC1(C)C2CCC3C4CCC5CC(=O)CCC5(C)C4CCC321. The van der Waals surface area contributed by atoms with E-state index in [4.69, 9.17) is 0 Å². The van der Waals surface area contributed by atoms with Gasteiger partial charge < -0.3 is 0 Å². The fourth-order valence-corrected chi connectivity index (χ4v) is 9.22. The van der Waals surface area contributed by atoms with Gasteiger partial charge in [-0.25, -0.2) is 0 Å². The standard InChI is InChI=1S/C22H34O/c1-4-21(3)19-8-7-18-16-6-5-14-13-15(23)9-11-20(14,2)17(16)10-12-22(18,19)21/h14,16-19H,4-13H2,1-3H3. The van der Waals surface area contributed by atoms with Gasteiger partial charge in [0.25, 0.3) is 0 Å². The van der Waals surface area contributed by atoms with E-state index < -0.39 is 0 Å². The molecule has 5 aliphatic carbocycles. The van der Waals surface area contributed by atoms with Gasteiger partial charge in [0.2, 0.25) is 0 Å². The maximum Gasteiger partial charge on any atom is 0.133 e. The number of Topliss-reactive ketones (excluding diaryl/α,β-unsaturated/α-hetero) is 1. The number of fused-ring (bicyclic) bond motifs is 4. The van der Waals surface area contributed by atoms with Gasteiger partial charge >= 0.3 is 0 Å². The fourth-order valence-electron chi connectivity index (χ4n) is 9.22. The van der Waals surface area contributed by atoms with Crippen LogP contribution >= 0.6 is 0 Å². The van der Waals surface area contributed by atoms with E-state index in [0.717, 1.165) is 41.9 Å². The average molecular weight is 315 g/mol.